The van der Waals surface area contributed by atoms with E-state index in [9.17, 15) is 13.2 Å². The highest BCUT2D eigenvalue weighted by Crippen LogP contribution is 2.30. The van der Waals surface area contributed by atoms with Crippen molar-refractivity contribution in [1.82, 2.24) is 20.6 Å². The minimum Gasteiger partial charge on any atom is -0.386 e. The van der Waals surface area contributed by atoms with Gasteiger partial charge in [-0.25, -0.2) is 23.1 Å². The Morgan fingerprint density at radius 2 is 1.96 bits per heavy atom. The molecule has 1 aromatic heterocycles. The van der Waals surface area contributed by atoms with Gasteiger partial charge in [-0.2, -0.15) is 0 Å². The molecule has 150 valence electrons. The molecular weight excluding hydrogens is 365 g/mol. The van der Waals surface area contributed by atoms with Crippen LogP contribution in [0.3, 0.4) is 0 Å². The molecule has 0 saturated carbocycles. The van der Waals surface area contributed by atoms with Crippen LogP contribution in [-0.2, 0) is 5.67 Å². The number of benzene rings is 1. The van der Waals surface area contributed by atoms with Crippen molar-refractivity contribution < 1.29 is 13.2 Å². The predicted octanol–water partition coefficient (Wildman–Crippen LogP) is 4.89. The smallest absolute Gasteiger partial charge is 0.147 e. The molecule has 0 spiro atoms. The topological polar surface area (TPSA) is 49.8 Å². The van der Waals surface area contributed by atoms with Gasteiger partial charge in [-0.05, 0) is 45.4 Å². The van der Waals surface area contributed by atoms with Gasteiger partial charge in [0.1, 0.15) is 23.6 Å². The largest absolute Gasteiger partial charge is 0.386 e. The maximum Gasteiger partial charge on any atom is 0.147 e. The summed E-state index contributed by atoms with van der Waals surface area (Å²) in [5.41, 5.74) is -0.273. The summed E-state index contributed by atoms with van der Waals surface area (Å²) >= 11 is 0. The molecule has 0 radical (unpaired) electrons. The van der Waals surface area contributed by atoms with E-state index in [2.05, 4.69) is 27.5 Å². The first-order valence-corrected chi connectivity index (χ1v) is 9.41. The Morgan fingerprint density at radius 1 is 1.21 bits per heavy atom. The number of nitrogens with zero attached hydrogens (tertiary/aromatic N) is 2. The average molecular weight is 390 g/mol. The fourth-order valence-corrected chi connectivity index (χ4v) is 3.24. The highest BCUT2D eigenvalue weighted by molar-refractivity contribution is 5.61. The second kappa shape index (κ2) is 7.81. The Labute approximate surface area is 163 Å². The summed E-state index contributed by atoms with van der Waals surface area (Å²) < 4.78 is 43.7. The third-order valence-corrected chi connectivity index (χ3v) is 4.96. The molecule has 1 aliphatic heterocycles. The molecule has 2 unspecified atom stereocenters. The van der Waals surface area contributed by atoms with Gasteiger partial charge in [0.15, 0.2) is 0 Å². The van der Waals surface area contributed by atoms with Crippen LogP contribution >= 0.6 is 0 Å². The van der Waals surface area contributed by atoms with Gasteiger partial charge in [-0.1, -0.05) is 6.92 Å². The molecule has 0 fully saturated rings. The van der Waals surface area contributed by atoms with Crippen LogP contribution in [0.1, 0.15) is 57.8 Å². The van der Waals surface area contributed by atoms with Crippen molar-refractivity contribution in [3.63, 3.8) is 0 Å². The van der Waals surface area contributed by atoms with Crippen molar-refractivity contribution in [2.45, 2.75) is 58.3 Å². The molecule has 0 bridgehead atoms. The minimum atomic E-state index is -1.70. The molecule has 0 aliphatic carbocycles. The van der Waals surface area contributed by atoms with Crippen molar-refractivity contribution in [3.05, 3.63) is 59.3 Å². The number of alkyl halides is 1. The number of hydrogen-bond acceptors (Lipinski definition) is 4. The number of aromatic nitrogens is 2. The molecule has 0 amide bonds. The van der Waals surface area contributed by atoms with Gasteiger partial charge in [0.05, 0.1) is 17.4 Å². The van der Waals surface area contributed by atoms with Crippen LogP contribution in [0.25, 0.3) is 11.3 Å². The van der Waals surface area contributed by atoms with E-state index in [0.29, 0.717) is 6.04 Å². The SMILES string of the molecule is CCC1CC(NC(C)c2cc(F)c(-c3cc(C(C)(C)F)ncn3)cc2F)=CN1. The standard InChI is InChI=1S/C21H25F3N4/c1-5-13-6-14(10-25-13)28-12(2)15-7-18(23)16(8-17(15)22)19-9-20(21(3,4)24)27-11-26-19/h7-13,25,28H,5-6H2,1-4H3. The quantitative estimate of drug-likeness (QED) is 0.737. The molecule has 3 rings (SSSR count). The molecule has 2 heterocycles. The van der Waals surface area contributed by atoms with Gasteiger partial charge in [0.25, 0.3) is 0 Å². The highest BCUT2D eigenvalue weighted by atomic mass is 19.1. The Hall–Kier alpha value is -2.57. The summed E-state index contributed by atoms with van der Waals surface area (Å²) in [4.78, 5) is 7.86. The molecule has 28 heavy (non-hydrogen) atoms. The molecule has 4 nitrogen and oxygen atoms in total. The van der Waals surface area contributed by atoms with Crippen molar-refractivity contribution in [3.8, 4) is 11.3 Å². The maximum atomic E-state index is 14.8. The summed E-state index contributed by atoms with van der Waals surface area (Å²) in [7, 11) is 0. The minimum absolute atomic E-state index is 0.0193. The third kappa shape index (κ3) is 4.29. The van der Waals surface area contributed by atoms with E-state index in [-0.39, 0.29) is 22.5 Å². The summed E-state index contributed by atoms with van der Waals surface area (Å²) in [5.74, 6) is -1.16. The highest BCUT2D eigenvalue weighted by Gasteiger charge is 2.23. The number of rotatable bonds is 6. The molecule has 7 heteroatoms. The molecule has 1 aromatic carbocycles. The molecular formula is C21H25F3N4. The second-order valence-corrected chi connectivity index (χ2v) is 7.63. The fourth-order valence-electron chi connectivity index (χ4n) is 3.24. The van der Waals surface area contributed by atoms with Gasteiger partial charge in [-0.3, -0.25) is 0 Å². The van der Waals surface area contributed by atoms with Crippen LogP contribution in [0.15, 0.2) is 36.4 Å². The average Bonchev–Trinajstić information content (AvgIpc) is 3.10. The maximum absolute atomic E-state index is 14.8. The number of halogens is 3. The zero-order chi connectivity index (χ0) is 20.5. The Bertz CT molecular complexity index is 890. The van der Waals surface area contributed by atoms with Crippen molar-refractivity contribution in [2.24, 2.45) is 0 Å². The predicted molar refractivity (Wildman–Crippen MR) is 103 cm³/mol. The second-order valence-electron chi connectivity index (χ2n) is 7.63. The van der Waals surface area contributed by atoms with Crippen LogP contribution in [0.4, 0.5) is 13.2 Å². The van der Waals surface area contributed by atoms with Gasteiger partial charge >= 0.3 is 0 Å². The monoisotopic (exact) mass is 390 g/mol. The summed E-state index contributed by atoms with van der Waals surface area (Å²) in [6.45, 7) is 6.57. The summed E-state index contributed by atoms with van der Waals surface area (Å²) in [6.07, 6.45) is 4.86. The zero-order valence-corrected chi connectivity index (χ0v) is 16.5. The number of nitrogens with one attached hydrogen (secondary N) is 2. The van der Waals surface area contributed by atoms with Crippen LogP contribution in [0, 0.1) is 11.6 Å². The first kappa shape index (κ1) is 20.2. The number of hydrogen-bond donors (Lipinski definition) is 2. The van der Waals surface area contributed by atoms with E-state index >= 15 is 0 Å². The summed E-state index contributed by atoms with van der Waals surface area (Å²) in [5, 5.41) is 6.48. The van der Waals surface area contributed by atoms with E-state index in [0.717, 1.165) is 30.9 Å². The van der Waals surface area contributed by atoms with Crippen LogP contribution in [0.5, 0.6) is 0 Å². The van der Waals surface area contributed by atoms with Crippen molar-refractivity contribution in [1.29, 1.82) is 0 Å². The van der Waals surface area contributed by atoms with E-state index in [4.69, 9.17) is 0 Å². The van der Waals surface area contributed by atoms with Gasteiger partial charge in [0.2, 0.25) is 0 Å². The van der Waals surface area contributed by atoms with Crippen LogP contribution < -0.4 is 10.6 Å². The van der Waals surface area contributed by atoms with Gasteiger partial charge < -0.3 is 10.6 Å². The Kier molecular flexibility index (Phi) is 5.63. The van der Waals surface area contributed by atoms with Crippen molar-refractivity contribution >= 4 is 0 Å². The zero-order valence-electron chi connectivity index (χ0n) is 16.5. The Balaban J connectivity index is 1.85. The van der Waals surface area contributed by atoms with Gasteiger partial charge in [0, 0.05) is 35.5 Å². The molecule has 1 aliphatic rings. The lowest BCUT2D eigenvalue weighted by molar-refractivity contribution is 0.214. The third-order valence-electron chi connectivity index (χ3n) is 4.96. The molecule has 2 N–H and O–H groups in total. The Morgan fingerprint density at radius 3 is 2.61 bits per heavy atom. The van der Waals surface area contributed by atoms with E-state index in [1.54, 1.807) is 6.92 Å². The lowest BCUT2D eigenvalue weighted by Crippen LogP contribution is -2.20. The fraction of sp³-hybridized carbons (Fsp3) is 0.429. The molecule has 0 saturated heterocycles. The van der Waals surface area contributed by atoms with Crippen LogP contribution in [0.2, 0.25) is 0 Å². The van der Waals surface area contributed by atoms with E-state index in [1.165, 1.54) is 26.0 Å². The summed E-state index contributed by atoms with van der Waals surface area (Å²) in [6, 6.07) is 3.59. The lowest BCUT2D eigenvalue weighted by Gasteiger charge is -2.19. The van der Waals surface area contributed by atoms with Crippen LogP contribution in [-0.4, -0.2) is 16.0 Å². The van der Waals surface area contributed by atoms with E-state index in [1.807, 2.05) is 6.20 Å². The molecule has 2 atom stereocenters. The first-order valence-electron chi connectivity index (χ1n) is 9.41. The lowest BCUT2D eigenvalue weighted by atomic mass is 10.00. The van der Waals surface area contributed by atoms with Crippen molar-refractivity contribution in [2.75, 3.05) is 0 Å². The normalized spacial score (nSPS) is 17.8. The first-order chi connectivity index (χ1) is 13.2. The van der Waals surface area contributed by atoms with Gasteiger partial charge in [-0.15, -0.1) is 0 Å². The van der Waals surface area contributed by atoms with E-state index < -0.39 is 23.3 Å². The molecule has 2 aromatic rings.